The molecule has 4 aliphatic heterocycles. The molecule has 5 heterocycles. The molecule has 4 aliphatic rings. The number of amides is 3. The molecular weight excluding hydrogens is 476 g/mol. The summed E-state index contributed by atoms with van der Waals surface area (Å²) in [5, 5.41) is 9.62. The molecule has 37 heavy (non-hydrogen) atoms. The van der Waals surface area contributed by atoms with E-state index in [0.717, 1.165) is 18.4 Å². The summed E-state index contributed by atoms with van der Waals surface area (Å²) in [6, 6.07) is 10.3. The average molecular weight is 507 g/mol. The lowest BCUT2D eigenvalue weighted by Crippen LogP contribution is -2.55. The topological polar surface area (TPSA) is 123 Å². The second-order valence-corrected chi connectivity index (χ2v) is 10.5. The second kappa shape index (κ2) is 8.81. The molecule has 1 aromatic carbocycles. The van der Waals surface area contributed by atoms with Gasteiger partial charge in [0, 0.05) is 25.8 Å². The van der Waals surface area contributed by atoms with Crippen LogP contribution in [0.15, 0.2) is 53.1 Å². The summed E-state index contributed by atoms with van der Waals surface area (Å²) in [7, 11) is 0. The lowest BCUT2D eigenvalue weighted by Gasteiger charge is -2.34. The standard InChI is InChI=1S/C27H30N4O6/c1-16-13-19(30-36-16)29-23(32)20-21-25(34)31(15-18-9-6-12-35-18)22(27(21)11-10-26(20,2)37-27)24(33)28-14-17-7-4-3-5-8-17/h3-5,7-8,10-11,13,18,20-22H,6,9,12,14-15H2,1-2H3,(H,28,33)(H,29,30,32)/t18-,20+,21+,22+,26-,27+/m0/s1. The molecule has 0 radical (unpaired) electrons. The molecule has 194 valence electrons. The van der Waals surface area contributed by atoms with Crippen molar-refractivity contribution in [2.75, 3.05) is 18.5 Å². The Morgan fingerprint density at radius 2 is 2.00 bits per heavy atom. The number of likely N-dealkylation sites (tertiary alicyclic amines) is 1. The van der Waals surface area contributed by atoms with E-state index in [1.807, 2.05) is 42.5 Å². The summed E-state index contributed by atoms with van der Waals surface area (Å²) in [6.07, 6.45) is 5.17. The molecule has 6 rings (SSSR count). The third-order valence-corrected chi connectivity index (χ3v) is 7.94. The van der Waals surface area contributed by atoms with E-state index in [-0.39, 0.29) is 30.3 Å². The zero-order valence-electron chi connectivity index (χ0n) is 20.8. The van der Waals surface area contributed by atoms with Crippen LogP contribution in [0.5, 0.6) is 0 Å². The van der Waals surface area contributed by atoms with E-state index in [1.54, 1.807) is 24.8 Å². The molecule has 2 bridgehead atoms. The van der Waals surface area contributed by atoms with Gasteiger partial charge < -0.3 is 29.5 Å². The van der Waals surface area contributed by atoms with E-state index in [9.17, 15) is 14.4 Å². The van der Waals surface area contributed by atoms with Gasteiger partial charge >= 0.3 is 0 Å². The Labute approximate surface area is 214 Å². The maximum absolute atomic E-state index is 14.0. The van der Waals surface area contributed by atoms with Gasteiger partial charge in [0.05, 0.1) is 23.5 Å². The zero-order chi connectivity index (χ0) is 25.8. The van der Waals surface area contributed by atoms with E-state index < -0.39 is 35.0 Å². The van der Waals surface area contributed by atoms with Crippen LogP contribution in [0.2, 0.25) is 0 Å². The Kier molecular flexibility index (Phi) is 5.68. The van der Waals surface area contributed by atoms with E-state index in [4.69, 9.17) is 14.0 Å². The van der Waals surface area contributed by atoms with Gasteiger partial charge in [-0.15, -0.1) is 0 Å². The number of hydrogen-bond donors (Lipinski definition) is 2. The van der Waals surface area contributed by atoms with Crippen molar-refractivity contribution in [2.24, 2.45) is 11.8 Å². The van der Waals surface area contributed by atoms with Gasteiger partial charge in [-0.05, 0) is 32.3 Å². The lowest BCUT2D eigenvalue weighted by atomic mass is 9.70. The van der Waals surface area contributed by atoms with Crippen LogP contribution in [0.3, 0.4) is 0 Å². The highest BCUT2D eigenvalue weighted by Gasteiger charge is 2.76. The van der Waals surface area contributed by atoms with Gasteiger partial charge in [0.1, 0.15) is 17.4 Å². The molecule has 3 amide bonds. The highest BCUT2D eigenvalue weighted by molar-refractivity contribution is 6.03. The van der Waals surface area contributed by atoms with Crippen LogP contribution in [-0.4, -0.2) is 64.3 Å². The van der Waals surface area contributed by atoms with Crippen LogP contribution in [0.4, 0.5) is 5.82 Å². The number of nitrogens with zero attached hydrogens (tertiary/aromatic N) is 2. The fourth-order valence-corrected chi connectivity index (χ4v) is 6.34. The van der Waals surface area contributed by atoms with E-state index in [2.05, 4.69) is 15.8 Å². The van der Waals surface area contributed by atoms with E-state index in [1.165, 1.54) is 0 Å². The molecule has 0 saturated carbocycles. The van der Waals surface area contributed by atoms with Crippen molar-refractivity contribution < 1.29 is 28.4 Å². The molecule has 10 heteroatoms. The van der Waals surface area contributed by atoms with Crippen molar-refractivity contribution >= 4 is 23.5 Å². The predicted octanol–water partition coefficient (Wildman–Crippen LogP) is 1.96. The number of ether oxygens (including phenoxy) is 2. The van der Waals surface area contributed by atoms with Gasteiger partial charge in [0.2, 0.25) is 17.7 Å². The highest BCUT2D eigenvalue weighted by atomic mass is 16.5. The van der Waals surface area contributed by atoms with Gasteiger partial charge in [0.15, 0.2) is 5.82 Å². The summed E-state index contributed by atoms with van der Waals surface area (Å²) in [5.74, 6) is -1.88. The molecule has 2 aromatic rings. The smallest absolute Gasteiger partial charge is 0.246 e. The molecule has 2 N–H and O–H groups in total. The Hall–Kier alpha value is -3.50. The van der Waals surface area contributed by atoms with E-state index in [0.29, 0.717) is 18.9 Å². The fraction of sp³-hybridized carbons (Fsp3) is 0.481. The molecule has 3 saturated heterocycles. The SMILES string of the molecule is Cc1cc(NC(=O)[C@H]2[C@@H]3C(=O)N(C[C@@H]4CCCO4)[C@H](C(=O)NCc4ccccc4)[C@@]34C=C[C@]2(C)O4)no1. The van der Waals surface area contributed by atoms with Crippen molar-refractivity contribution in [3.63, 3.8) is 0 Å². The maximum Gasteiger partial charge on any atom is 0.246 e. The molecule has 0 aliphatic carbocycles. The summed E-state index contributed by atoms with van der Waals surface area (Å²) in [5.41, 5.74) is -1.36. The normalized spacial score (nSPS) is 33.7. The molecule has 1 spiro atoms. The van der Waals surface area contributed by atoms with Crippen LogP contribution in [-0.2, 0) is 30.4 Å². The number of nitrogens with one attached hydrogen (secondary N) is 2. The third-order valence-electron chi connectivity index (χ3n) is 7.94. The number of hydrogen-bond acceptors (Lipinski definition) is 7. The van der Waals surface area contributed by atoms with Crippen LogP contribution < -0.4 is 10.6 Å². The first kappa shape index (κ1) is 23.9. The highest BCUT2D eigenvalue weighted by Crippen LogP contribution is 2.59. The minimum absolute atomic E-state index is 0.161. The first-order valence-corrected chi connectivity index (χ1v) is 12.7. The Bertz CT molecular complexity index is 1250. The number of aryl methyl sites for hydroxylation is 1. The number of benzene rings is 1. The average Bonchev–Trinajstić information content (AvgIpc) is 3.68. The van der Waals surface area contributed by atoms with Crippen molar-refractivity contribution in [3.8, 4) is 0 Å². The monoisotopic (exact) mass is 506 g/mol. The number of aromatic nitrogens is 1. The summed E-state index contributed by atoms with van der Waals surface area (Å²) >= 11 is 0. The van der Waals surface area contributed by atoms with Gasteiger partial charge in [-0.25, -0.2) is 0 Å². The minimum atomic E-state index is -1.26. The van der Waals surface area contributed by atoms with Crippen LogP contribution in [0, 0.1) is 18.8 Å². The second-order valence-electron chi connectivity index (χ2n) is 10.5. The number of carbonyl (C=O) groups is 3. The van der Waals surface area contributed by atoms with Crippen LogP contribution in [0.1, 0.15) is 31.1 Å². The van der Waals surface area contributed by atoms with Crippen molar-refractivity contribution in [1.29, 1.82) is 0 Å². The Balaban J connectivity index is 1.32. The van der Waals surface area contributed by atoms with E-state index >= 15 is 0 Å². The lowest BCUT2D eigenvalue weighted by molar-refractivity contribution is -0.145. The molecule has 6 atom stereocenters. The number of rotatable bonds is 7. The van der Waals surface area contributed by atoms with Crippen molar-refractivity contribution in [3.05, 3.63) is 59.9 Å². The molecule has 1 aromatic heterocycles. The quantitative estimate of drug-likeness (QED) is 0.551. The summed E-state index contributed by atoms with van der Waals surface area (Å²) < 4.78 is 17.4. The van der Waals surface area contributed by atoms with Gasteiger partial charge in [0.25, 0.3) is 0 Å². The molecule has 3 fully saturated rings. The molecule has 0 unspecified atom stereocenters. The van der Waals surface area contributed by atoms with Crippen molar-refractivity contribution in [1.82, 2.24) is 15.4 Å². The third kappa shape index (κ3) is 3.86. The minimum Gasteiger partial charge on any atom is -0.376 e. The number of anilines is 1. The predicted molar refractivity (Wildman–Crippen MR) is 131 cm³/mol. The number of fused-ring (bicyclic) bond motifs is 1. The van der Waals surface area contributed by atoms with Gasteiger partial charge in [-0.3, -0.25) is 14.4 Å². The Morgan fingerprint density at radius 1 is 1.19 bits per heavy atom. The molecule has 10 nitrogen and oxygen atoms in total. The van der Waals surface area contributed by atoms with Crippen LogP contribution in [0.25, 0.3) is 0 Å². The Morgan fingerprint density at radius 3 is 2.70 bits per heavy atom. The van der Waals surface area contributed by atoms with Gasteiger partial charge in [-0.1, -0.05) is 47.6 Å². The largest absolute Gasteiger partial charge is 0.376 e. The first-order chi connectivity index (χ1) is 17.8. The molecular formula is C27H30N4O6. The van der Waals surface area contributed by atoms with Crippen LogP contribution >= 0.6 is 0 Å². The number of carbonyl (C=O) groups excluding carboxylic acids is 3. The van der Waals surface area contributed by atoms with Gasteiger partial charge in [-0.2, -0.15) is 0 Å². The maximum atomic E-state index is 14.0. The zero-order valence-corrected chi connectivity index (χ0v) is 20.8. The fourth-order valence-electron chi connectivity index (χ4n) is 6.34. The first-order valence-electron chi connectivity index (χ1n) is 12.7. The summed E-state index contributed by atoms with van der Waals surface area (Å²) in [6.45, 7) is 4.72. The van der Waals surface area contributed by atoms with Crippen molar-refractivity contribution in [2.45, 2.75) is 56.6 Å². The summed E-state index contributed by atoms with van der Waals surface area (Å²) in [4.78, 5) is 42.9.